The number of para-hydroxylation sites is 1. The number of nitriles is 1. The number of carbonyl (C=O) groups is 1. The fraction of sp³-hybridized carbons (Fsp3) is 0.227. The summed E-state index contributed by atoms with van der Waals surface area (Å²) >= 11 is 0. The fourth-order valence-corrected chi connectivity index (χ4v) is 3.36. The molecule has 4 nitrogen and oxygen atoms in total. The van der Waals surface area contributed by atoms with Crippen LogP contribution in [0.2, 0.25) is 0 Å². The van der Waals surface area contributed by atoms with Crippen LogP contribution in [0, 0.1) is 11.3 Å². The minimum Gasteiger partial charge on any atom is -0.346 e. The summed E-state index contributed by atoms with van der Waals surface area (Å²) in [5.41, 5.74) is 0.0957. The van der Waals surface area contributed by atoms with E-state index in [4.69, 9.17) is 5.26 Å². The molecule has 1 amide bonds. The maximum Gasteiger partial charge on any atom is 0.391 e. The standard InChI is InChI=1S/C22H18F3N3O/c1-21(14-22(23,24)25,11-15-6-3-2-4-7-15)28-20(29)18-10-16-8-5-9-17(12-26)19(16)27-13-18/h2-10,13H,11,14H2,1H3,(H,28,29). The third-order valence-electron chi connectivity index (χ3n) is 4.54. The van der Waals surface area contributed by atoms with Gasteiger partial charge in [0, 0.05) is 11.6 Å². The van der Waals surface area contributed by atoms with Crippen molar-refractivity contribution in [3.05, 3.63) is 77.5 Å². The van der Waals surface area contributed by atoms with Crippen molar-refractivity contribution in [1.82, 2.24) is 10.3 Å². The van der Waals surface area contributed by atoms with E-state index >= 15 is 0 Å². The first kappa shape index (κ1) is 20.3. The van der Waals surface area contributed by atoms with Gasteiger partial charge in [-0.15, -0.1) is 0 Å². The summed E-state index contributed by atoms with van der Waals surface area (Å²) in [6.07, 6.45) is -4.31. The van der Waals surface area contributed by atoms with Gasteiger partial charge in [0.05, 0.1) is 28.6 Å². The second kappa shape index (κ2) is 7.92. The second-order valence-corrected chi connectivity index (χ2v) is 7.18. The van der Waals surface area contributed by atoms with Gasteiger partial charge in [-0.2, -0.15) is 18.4 Å². The molecule has 1 heterocycles. The highest BCUT2D eigenvalue weighted by atomic mass is 19.4. The molecule has 1 N–H and O–H groups in total. The number of hydrogen-bond acceptors (Lipinski definition) is 3. The largest absolute Gasteiger partial charge is 0.391 e. The molecule has 148 valence electrons. The highest BCUT2D eigenvalue weighted by Crippen LogP contribution is 2.30. The van der Waals surface area contributed by atoms with Crippen LogP contribution in [0.25, 0.3) is 10.9 Å². The molecule has 0 radical (unpaired) electrons. The summed E-state index contributed by atoms with van der Waals surface area (Å²) in [6, 6.07) is 17.2. The van der Waals surface area contributed by atoms with Crippen LogP contribution in [-0.2, 0) is 6.42 Å². The van der Waals surface area contributed by atoms with Gasteiger partial charge in [0.25, 0.3) is 5.91 Å². The SMILES string of the molecule is CC(Cc1ccccc1)(CC(F)(F)F)NC(=O)c1cnc2c(C#N)cccc2c1. The lowest BCUT2D eigenvalue weighted by molar-refractivity contribution is -0.147. The topological polar surface area (TPSA) is 65.8 Å². The van der Waals surface area contributed by atoms with Crippen molar-refractivity contribution in [3.63, 3.8) is 0 Å². The molecule has 0 aliphatic rings. The van der Waals surface area contributed by atoms with Gasteiger partial charge in [0.2, 0.25) is 0 Å². The van der Waals surface area contributed by atoms with E-state index in [-0.39, 0.29) is 12.0 Å². The van der Waals surface area contributed by atoms with E-state index in [0.29, 0.717) is 22.0 Å². The molecule has 29 heavy (non-hydrogen) atoms. The molecule has 1 aromatic heterocycles. The normalized spacial score (nSPS) is 13.5. The third-order valence-corrected chi connectivity index (χ3v) is 4.54. The molecule has 0 bridgehead atoms. The van der Waals surface area contributed by atoms with Crippen LogP contribution in [0.15, 0.2) is 60.8 Å². The molecular formula is C22H18F3N3O. The number of rotatable bonds is 5. The lowest BCUT2D eigenvalue weighted by Gasteiger charge is -2.32. The van der Waals surface area contributed by atoms with Crippen molar-refractivity contribution < 1.29 is 18.0 Å². The quantitative estimate of drug-likeness (QED) is 0.673. The van der Waals surface area contributed by atoms with Crippen LogP contribution in [0.5, 0.6) is 0 Å². The van der Waals surface area contributed by atoms with Gasteiger partial charge >= 0.3 is 6.18 Å². The summed E-state index contributed by atoms with van der Waals surface area (Å²) in [6.45, 7) is 1.38. The third kappa shape index (κ3) is 5.11. The predicted octanol–water partition coefficient (Wildman–Crippen LogP) is 4.79. The van der Waals surface area contributed by atoms with Crippen LogP contribution in [-0.4, -0.2) is 22.6 Å². The average molecular weight is 397 g/mol. The maximum absolute atomic E-state index is 13.2. The zero-order chi connectivity index (χ0) is 21.1. The van der Waals surface area contributed by atoms with Gasteiger partial charge in [0.15, 0.2) is 0 Å². The van der Waals surface area contributed by atoms with Crippen molar-refractivity contribution in [2.75, 3.05) is 0 Å². The Balaban J connectivity index is 1.89. The van der Waals surface area contributed by atoms with Crippen molar-refractivity contribution in [1.29, 1.82) is 5.26 Å². The zero-order valence-corrected chi connectivity index (χ0v) is 15.6. The maximum atomic E-state index is 13.2. The molecule has 2 aromatic carbocycles. The molecule has 1 unspecified atom stereocenters. The number of nitrogens with one attached hydrogen (secondary N) is 1. The number of fused-ring (bicyclic) bond motifs is 1. The number of pyridine rings is 1. The van der Waals surface area contributed by atoms with E-state index in [0.717, 1.165) is 0 Å². The molecule has 0 aliphatic heterocycles. The van der Waals surface area contributed by atoms with E-state index in [1.54, 1.807) is 48.5 Å². The minimum atomic E-state index is -4.44. The lowest BCUT2D eigenvalue weighted by atomic mass is 9.88. The molecule has 3 aromatic rings. The van der Waals surface area contributed by atoms with Gasteiger partial charge in [-0.1, -0.05) is 42.5 Å². The number of carbonyl (C=O) groups excluding carboxylic acids is 1. The first-order valence-corrected chi connectivity index (χ1v) is 8.91. The number of halogens is 3. The van der Waals surface area contributed by atoms with Crippen LogP contribution in [0.3, 0.4) is 0 Å². The van der Waals surface area contributed by atoms with Gasteiger partial charge < -0.3 is 5.32 Å². The number of benzene rings is 2. The van der Waals surface area contributed by atoms with Crippen molar-refractivity contribution in [2.24, 2.45) is 0 Å². The Labute approximate surface area is 166 Å². The first-order valence-electron chi connectivity index (χ1n) is 8.91. The Morgan fingerprint density at radius 3 is 2.52 bits per heavy atom. The summed E-state index contributed by atoms with van der Waals surface area (Å²) in [4.78, 5) is 16.9. The van der Waals surface area contributed by atoms with Crippen LogP contribution >= 0.6 is 0 Å². The van der Waals surface area contributed by atoms with Gasteiger partial charge in [-0.3, -0.25) is 9.78 Å². The van der Waals surface area contributed by atoms with Crippen molar-refractivity contribution in [3.8, 4) is 6.07 Å². The Bertz CT molecular complexity index is 1070. The molecule has 0 fully saturated rings. The van der Waals surface area contributed by atoms with Gasteiger partial charge in [-0.05, 0) is 31.0 Å². The number of alkyl halides is 3. The molecule has 7 heteroatoms. The van der Waals surface area contributed by atoms with E-state index < -0.39 is 24.0 Å². The number of nitrogens with zero attached hydrogens (tertiary/aromatic N) is 2. The van der Waals surface area contributed by atoms with E-state index in [2.05, 4.69) is 10.3 Å². The summed E-state index contributed by atoms with van der Waals surface area (Å²) in [5, 5.41) is 12.3. The average Bonchev–Trinajstić information content (AvgIpc) is 2.65. The Hall–Kier alpha value is -3.40. The molecule has 0 spiro atoms. The fourth-order valence-electron chi connectivity index (χ4n) is 3.36. The molecule has 0 aliphatic carbocycles. The van der Waals surface area contributed by atoms with Crippen LogP contribution in [0.4, 0.5) is 13.2 Å². The molecule has 0 saturated heterocycles. The number of aromatic nitrogens is 1. The van der Waals surface area contributed by atoms with E-state index in [1.807, 2.05) is 6.07 Å². The van der Waals surface area contributed by atoms with Gasteiger partial charge in [0.1, 0.15) is 6.07 Å². The summed E-state index contributed by atoms with van der Waals surface area (Å²) in [7, 11) is 0. The Kier molecular flexibility index (Phi) is 5.55. The van der Waals surface area contributed by atoms with E-state index in [1.165, 1.54) is 19.2 Å². The molecular weight excluding hydrogens is 379 g/mol. The highest BCUT2D eigenvalue weighted by molar-refractivity contribution is 5.98. The number of hydrogen-bond donors (Lipinski definition) is 1. The molecule has 0 saturated carbocycles. The zero-order valence-electron chi connectivity index (χ0n) is 15.6. The minimum absolute atomic E-state index is 0.0265. The second-order valence-electron chi connectivity index (χ2n) is 7.18. The van der Waals surface area contributed by atoms with Gasteiger partial charge in [-0.25, -0.2) is 0 Å². The summed E-state index contributed by atoms with van der Waals surface area (Å²) in [5.74, 6) is -0.649. The Morgan fingerprint density at radius 1 is 1.14 bits per heavy atom. The highest BCUT2D eigenvalue weighted by Gasteiger charge is 2.40. The van der Waals surface area contributed by atoms with E-state index in [9.17, 15) is 18.0 Å². The van der Waals surface area contributed by atoms with Crippen LogP contribution < -0.4 is 5.32 Å². The van der Waals surface area contributed by atoms with Crippen LogP contribution in [0.1, 0.15) is 34.8 Å². The summed E-state index contributed by atoms with van der Waals surface area (Å²) < 4.78 is 39.6. The smallest absolute Gasteiger partial charge is 0.346 e. The van der Waals surface area contributed by atoms with Crippen molar-refractivity contribution in [2.45, 2.75) is 31.5 Å². The predicted molar refractivity (Wildman–Crippen MR) is 103 cm³/mol. The monoisotopic (exact) mass is 397 g/mol. The van der Waals surface area contributed by atoms with Crippen molar-refractivity contribution >= 4 is 16.8 Å². The molecule has 1 atom stereocenters. The first-order chi connectivity index (χ1) is 13.7. The number of amides is 1. The lowest BCUT2D eigenvalue weighted by Crippen LogP contribution is -2.50. The Morgan fingerprint density at radius 2 is 1.86 bits per heavy atom. The molecule has 3 rings (SSSR count).